The molecule has 0 fully saturated rings. The summed E-state index contributed by atoms with van der Waals surface area (Å²) in [5.41, 5.74) is 2.72. The monoisotopic (exact) mass is 384 g/mol. The van der Waals surface area contributed by atoms with Crippen molar-refractivity contribution in [3.63, 3.8) is 0 Å². The van der Waals surface area contributed by atoms with Gasteiger partial charge in [-0.25, -0.2) is 14.4 Å². The summed E-state index contributed by atoms with van der Waals surface area (Å²) in [6.45, 7) is -0.367. The van der Waals surface area contributed by atoms with Crippen LogP contribution >= 0.6 is 11.3 Å². The summed E-state index contributed by atoms with van der Waals surface area (Å²) in [5.74, 6) is -0.0330. The lowest BCUT2D eigenvalue weighted by molar-refractivity contribution is 0.0970. The Morgan fingerprint density at radius 1 is 1.33 bits per heavy atom. The number of hydrogen-bond acceptors (Lipinski definition) is 5. The SMILES string of the molecule is O=C(Nc1nccc(-c2cc3c(n2CCF)CCCC3=O)n1)c1cccs1. The molecule has 8 heteroatoms. The van der Waals surface area contributed by atoms with Crippen LogP contribution < -0.4 is 5.32 Å². The maximum Gasteiger partial charge on any atom is 0.268 e. The largest absolute Gasteiger partial charge is 0.340 e. The third-order valence-electron chi connectivity index (χ3n) is 4.52. The molecule has 6 nitrogen and oxygen atoms in total. The number of carbonyl (C=O) groups is 2. The number of aromatic nitrogens is 3. The Morgan fingerprint density at radius 3 is 3.00 bits per heavy atom. The number of amides is 1. The van der Waals surface area contributed by atoms with E-state index in [0.29, 0.717) is 28.2 Å². The Labute approximate surface area is 159 Å². The van der Waals surface area contributed by atoms with Crippen LogP contribution in [0, 0.1) is 0 Å². The van der Waals surface area contributed by atoms with Gasteiger partial charge >= 0.3 is 0 Å². The molecule has 0 aliphatic heterocycles. The highest BCUT2D eigenvalue weighted by Crippen LogP contribution is 2.30. The molecule has 0 saturated carbocycles. The molecule has 0 bridgehead atoms. The summed E-state index contributed by atoms with van der Waals surface area (Å²) in [7, 11) is 0. The van der Waals surface area contributed by atoms with Gasteiger partial charge in [-0.2, -0.15) is 0 Å². The standard InChI is InChI=1S/C19H17FN4O2S/c20-7-9-24-14-3-1-4-16(25)12(14)11-15(24)13-6-8-21-19(22-13)23-18(26)17-5-2-10-27-17/h2,5-6,8,10-11H,1,3-4,7,9H2,(H,21,22,23,26). The number of rotatable bonds is 5. The number of nitrogens with zero attached hydrogens (tertiary/aromatic N) is 3. The molecule has 3 aromatic rings. The normalized spacial score (nSPS) is 13.4. The minimum Gasteiger partial charge on any atom is -0.340 e. The highest BCUT2D eigenvalue weighted by atomic mass is 32.1. The van der Waals surface area contributed by atoms with E-state index in [2.05, 4.69) is 15.3 Å². The summed E-state index contributed by atoms with van der Waals surface area (Å²) in [5, 5.41) is 4.49. The van der Waals surface area contributed by atoms with Crippen molar-refractivity contribution in [2.45, 2.75) is 25.8 Å². The second-order valence-electron chi connectivity index (χ2n) is 6.20. The lowest BCUT2D eigenvalue weighted by Crippen LogP contribution is -2.15. The van der Waals surface area contributed by atoms with Crippen LogP contribution in [-0.2, 0) is 13.0 Å². The van der Waals surface area contributed by atoms with Crippen molar-refractivity contribution in [1.82, 2.24) is 14.5 Å². The summed E-state index contributed by atoms with van der Waals surface area (Å²) >= 11 is 1.33. The van der Waals surface area contributed by atoms with Gasteiger partial charge in [0, 0.05) is 23.9 Å². The third kappa shape index (κ3) is 3.40. The third-order valence-corrected chi connectivity index (χ3v) is 5.39. The van der Waals surface area contributed by atoms with Crippen LogP contribution in [0.3, 0.4) is 0 Å². The second-order valence-corrected chi connectivity index (χ2v) is 7.15. The second kappa shape index (κ2) is 7.40. The first-order chi connectivity index (χ1) is 13.2. The first-order valence-corrected chi connectivity index (χ1v) is 9.55. The van der Waals surface area contributed by atoms with Gasteiger partial charge in [0.25, 0.3) is 5.91 Å². The van der Waals surface area contributed by atoms with E-state index in [0.717, 1.165) is 18.5 Å². The van der Waals surface area contributed by atoms with Gasteiger partial charge in [-0.15, -0.1) is 11.3 Å². The molecule has 0 spiro atoms. The fraction of sp³-hybridized carbons (Fsp3) is 0.263. The number of anilines is 1. The van der Waals surface area contributed by atoms with Crippen molar-refractivity contribution in [1.29, 1.82) is 0 Å². The zero-order valence-corrected chi connectivity index (χ0v) is 15.3. The van der Waals surface area contributed by atoms with E-state index in [1.54, 1.807) is 30.5 Å². The van der Waals surface area contributed by atoms with Crippen molar-refractivity contribution in [2.75, 3.05) is 12.0 Å². The lowest BCUT2D eigenvalue weighted by Gasteiger charge is -2.15. The van der Waals surface area contributed by atoms with Gasteiger partial charge < -0.3 is 4.57 Å². The van der Waals surface area contributed by atoms with Crippen LogP contribution in [0.4, 0.5) is 10.3 Å². The van der Waals surface area contributed by atoms with Crippen LogP contribution in [0.5, 0.6) is 0 Å². The number of hydrogen-bond donors (Lipinski definition) is 1. The average Bonchev–Trinajstić information content (AvgIpc) is 3.32. The Kier molecular flexibility index (Phi) is 4.81. The van der Waals surface area contributed by atoms with Gasteiger partial charge in [-0.3, -0.25) is 14.9 Å². The molecule has 3 heterocycles. The molecule has 0 saturated heterocycles. The van der Waals surface area contributed by atoms with E-state index in [1.807, 2.05) is 9.95 Å². The fourth-order valence-electron chi connectivity index (χ4n) is 3.34. The van der Waals surface area contributed by atoms with Crippen LogP contribution in [0.15, 0.2) is 35.8 Å². The fourth-order valence-corrected chi connectivity index (χ4v) is 3.95. The minimum atomic E-state index is -0.532. The topological polar surface area (TPSA) is 76.9 Å². The zero-order chi connectivity index (χ0) is 18.8. The van der Waals surface area contributed by atoms with Crippen LogP contribution in [0.1, 0.15) is 38.6 Å². The molecule has 4 rings (SSSR count). The molecule has 1 aliphatic carbocycles. The van der Waals surface area contributed by atoms with Crippen LogP contribution in [-0.4, -0.2) is 32.9 Å². The van der Waals surface area contributed by atoms with E-state index in [9.17, 15) is 14.0 Å². The van der Waals surface area contributed by atoms with Gasteiger partial charge in [0.2, 0.25) is 5.95 Å². The molecule has 0 radical (unpaired) electrons. The Morgan fingerprint density at radius 2 is 2.22 bits per heavy atom. The van der Waals surface area contributed by atoms with E-state index in [-0.39, 0.29) is 24.2 Å². The van der Waals surface area contributed by atoms with Crippen molar-refractivity contribution >= 4 is 29.0 Å². The Hall–Kier alpha value is -2.87. The van der Waals surface area contributed by atoms with Gasteiger partial charge in [-0.05, 0) is 36.4 Å². The molecular weight excluding hydrogens is 367 g/mol. The molecular formula is C19H17FN4O2S. The van der Waals surface area contributed by atoms with Crippen LogP contribution in [0.25, 0.3) is 11.4 Å². The van der Waals surface area contributed by atoms with Crippen molar-refractivity contribution in [3.8, 4) is 11.4 Å². The first kappa shape index (κ1) is 17.5. The molecule has 0 aromatic carbocycles. The first-order valence-electron chi connectivity index (χ1n) is 8.67. The highest BCUT2D eigenvalue weighted by molar-refractivity contribution is 7.12. The molecule has 3 aromatic heterocycles. The summed E-state index contributed by atoms with van der Waals surface area (Å²) < 4.78 is 15.0. The number of alkyl halides is 1. The minimum absolute atomic E-state index is 0.0791. The number of carbonyl (C=O) groups excluding carboxylic acids is 2. The number of nitrogens with one attached hydrogen (secondary N) is 1. The predicted octanol–water partition coefficient (Wildman–Crippen LogP) is 3.75. The number of ketones is 1. The highest BCUT2D eigenvalue weighted by Gasteiger charge is 2.25. The maximum atomic E-state index is 13.1. The molecule has 0 atom stereocenters. The smallest absolute Gasteiger partial charge is 0.268 e. The summed E-state index contributed by atoms with van der Waals surface area (Å²) in [6, 6.07) is 6.98. The molecule has 27 heavy (non-hydrogen) atoms. The number of halogens is 1. The van der Waals surface area contributed by atoms with Gasteiger partial charge in [0.05, 0.1) is 22.8 Å². The summed E-state index contributed by atoms with van der Waals surface area (Å²) in [6.07, 6.45) is 3.57. The Balaban J connectivity index is 1.69. The van der Waals surface area contributed by atoms with Crippen LogP contribution in [0.2, 0.25) is 0 Å². The molecule has 138 valence electrons. The summed E-state index contributed by atoms with van der Waals surface area (Å²) in [4.78, 5) is 33.5. The number of Topliss-reactive ketones (excluding diaryl/α,β-unsaturated/α-hetero) is 1. The van der Waals surface area contributed by atoms with Gasteiger partial charge in [0.15, 0.2) is 5.78 Å². The average molecular weight is 384 g/mol. The quantitative estimate of drug-likeness (QED) is 0.727. The maximum absolute atomic E-state index is 13.1. The Bertz CT molecular complexity index is 997. The van der Waals surface area contributed by atoms with Crippen molar-refractivity contribution < 1.29 is 14.0 Å². The van der Waals surface area contributed by atoms with Gasteiger partial charge in [0.1, 0.15) is 6.67 Å². The molecule has 0 unspecified atom stereocenters. The van der Waals surface area contributed by atoms with Crippen molar-refractivity contribution in [2.24, 2.45) is 0 Å². The zero-order valence-electron chi connectivity index (χ0n) is 14.4. The van der Waals surface area contributed by atoms with E-state index in [1.165, 1.54) is 11.3 Å². The molecule has 1 aliphatic rings. The molecule has 1 N–H and O–H groups in total. The van der Waals surface area contributed by atoms with E-state index >= 15 is 0 Å². The van der Waals surface area contributed by atoms with E-state index < -0.39 is 6.67 Å². The molecule has 1 amide bonds. The number of thiophene rings is 1. The van der Waals surface area contributed by atoms with Gasteiger partial charge in [-0.1, -0.05) is 6.07 Å². The van der Waals surface area contributed by atoms with E-state index in [4.69, 9.17) is 0 Å². The predicted molar refractivity (Wildman–Crippen MR) is 101 cm³/mol. The van der Waals surface area contributed by atoms with Crippen molar-refractivity contribution in [3.05, 3.63) is 52.0 Å². The lowest BCUT2D eigenvalue weighted by atomic mass is 9.96. The number of fused-ring (bicyclic) bond motifs is 1.